The van der Waals surface area contributed by atoms with Crippen LogP contribution in [0.15, 0.2) is 12.7 Å². The van der Waals surface area contributed by atoms with Crippen molar-refractivity contribution in [1.29, 1.82) is 0 Å². The summed E-state index contributed by atoms with van der Waals surface area (Å²) < 4.78 is 5.26. The van der Waals surface area contributed by atoms with E-state index in [0.29, 0.717) is 0 Å². The molecule has 0 aromatic heterocycles. The summed E-state index contributed by atoms with van der Waals surface area (Å²) >= 11 is 0. The largest absolute Gasteiger partial charge is 0.458 e. The summed E-state index contributed by atoms with van der Waals surface area (Å²) in [5, 5.41) is 2.66. The minimum atomic E-state index is -0.610. The number of nitrogens with one attached hydrogen (secondary N) is 1. The van der Waals surface area contributed by atoms with Crippen LogP contribution in [0.1, 0.15) is 41.0 Å². The van der Waals surface area contributed by atoms with Crippen LogP contribution in [0.3, 0.4) is 0 Å². The third kappa shape index (κ3) is 6.76. The van der Waals surface area contributed by atoms with Crippen molar-refractivity contribution in [3.05, 3.63) is 12.7 Å². The molecule has 0 aliphatic carbocycles. The second kappa shape index (κ2) is 6.42. The Morgan fingerprint density at radius 3 is 2.24 bits per heavy atom. The lowest BCUT2D eigenvalue weighted by molar-refractivity contribution is -0.159. The van der Waals surface area contributed by atoms with Gasteiger partial charge in [0.25, 0.3) is 0 Å². The molecule has 98 valence electrons. The van der Waals surface area contributed by atoms with Crippen LogP contribution in [0, 0.1) is 5.92 Å². The molecule has 1 atom stereocenters. The van der Waals surface area contributed by atoms with E-state index in [1.807, 2.05) is 13.8 Å². The fourth-order valence-electron chi connectivity index (χ4n) is 1.23. The Kier molecular flexibility index (Phi) is 5.93. The molecule has 0 radical (unpaired) electrons. The van der Waals surface area contributed by atoms with Crippen molar-refractivity contribution in [2.45, 2.75) is 52.7 Å². The summed E-state index contributed by atoms with van der Waals surface area (Å²) in [5.74, 6) is -0.631. The molecule has 0 aliphatic heterocycles. The molecule has 4 heteroatoms. The van der Waals surface area contributed by atoms with Crippen LogP contribution in [-0.4, -0.2) is 23.5 Å². The van der Waals surface area contributed by atoms with Crippen LogP contribution in [0.25, 0.3) is 0 Å². The van der Waals surface area contributed by atoms with Gasteiger partial charge in [0.1, 0.15) is 11.6 Å². The van der Waals surface area contributed by atoms with Crippen molar-refractivity contribution >= 4 is 11.9 Å². The van der Waals surface area contributed by atoms with Crippen LogP contribution in [0.2, 0.25) is 0 Å². The number of esters is 1. The Morgan fingerprint density at radius 1 is 1.35 bits per heavy atom. The average Bonchev–Trinajstić information content (AvgIpc) is 2.11. The number of ether oxygens (including phenoxy) is 1. The summed E-state index contributed by atoms with van der Waals surface area (Å²) in [5.41, 5.74) is -0.548. The zero-order valence-electron chi connectivity index (χ0n) is 11.4. The van der Waals surface area contributed by atoms with Crippen molar-refractivity contribution < 1.29 is 14.3 Å². The number of hydrogen-bond donors (Lipinski definition) is 1. The van der Waals surface area contributed by atoms with Gasteiger partial charge in [0.2, 0.25) is 5.91 Å². The van der Waals surface area contributed by atoms with E-state index >= 15 is 0 Å². The van der Waals surface area contributed by atoms with E-state index in [4.69, 9.17) is 4.74 Å². The highest BCUT2D eigenvalue weighted by Gasteiger charge is 2.28. The molecule has 0 aromatic carbocycles. The van der Waals surface area contributed by atoms with E-state index in [1.165, 1.54) is 6.08 Å². The van der Waals surface area contributed by atoms with Gasteiger partial charge in [0, 0.05) is 6.42 Å². The van der Waals surface area contributed by atoms with E-state index < -0.39 is 17.6 Å². The Balaban J connectivity index is 4.58. The predicted molar refractivity (Wildman–Crippen MR) is 67.4 cm³/mol. The average molecular weight is 241 g/mol. The summed E-state index contributed by atoms with van der Waals surface area (Å²) in [6.07, 6.45) is 1.70. The van der Waals surface area contributed by atoms with Gasteiger partial charge >= 0.3 is 5.97 Å². The highest BCUT2D eigenvalue weighted by atomic mass is 16.6. The SMILES string of the molecule is C=CCC(=O)N[C@@H](C(=O)OC(C)(C)C)C(C)C. The molecule has 0 heterocycles. The molecule has 4 nitrogen and oxygen atoms in total. The van der Waals surface area contributed by atoms with E-state index in [9.17, 15) is 9.59 Å². The molecule has 17 heavy (non-hydrogen) atoms. The summed E-state index contributed by atoms with van der Waals surface area (Å²) in [4.78, 5) is 23.3. The molecule has 0 rings (SSSR count). The second-order valence-electron chi connectivity index (χ2n) is 5.32. The number of carbonyl (C=O) groups is 2. The highest BCUT2D eigenvalue weighted by Crippen LogP contribution is 2.12. The minimum absolute atomic E-state index is 0.0152. The lowest BCUT2D eigenvalue weighted by Crippen LogP contribution is -2.47. The molecular formula is C13H23NO3. The lowest BCUT2D eigenvalue weighted by atomic mass is 10.0. The van der Waals surface area contributed by atoms with Gasteiger partial charge in [-0.3, -0.25) is 4.79 Å². The Labute approximate surface area is 103 Å². The number of carbonyl (C=O) groups excluding carboxylic acids is 2. The smallest absolute Gasteiger partial charge is 0.329 e. The van der Waals surface area contributed by atoms with Crippen molar-refractivity contribution in [3.63, 3.8) is 0 Å². The molecule has 0 spiro atoms. The van der Waals surface area contributed by atoms with E-state index in [0.717, 1.165) is 0 Å². The van der Waals surface area contributed by atoms with Gasteiger partial charge in [0.05, 0.1) is 0 Å². The van der Waals surface area contributed by atoms with Crippen molar-refractivity contribution in [1.82, 2.24) is 5.32 Å². The maximum absolute atomic E-state index is 11.9. The molecule has 0 bridgehead atoms. The highest BCUT2D eigenvalue weighted by molar-refractivity contribution is 5.85. The second-order valence-corrected chi connectivity index (χ2v) is 5.32. The van der Waals surface area contributed by atoms with Crippen LogP contribution >= 0.6 is 0 Å². The Hall–Kier alpha value is -1.32. The van der Waals surface area contributed by atoms with Gasteiger partial charge in [-0.2, -0.15) is 0 Å². The number of amides is 1. The Morgan fingerprint density at radius 2 is 1.88 bits per heavy atom. The minimum Gasteiger partial charge on any atom is -0.458 e. The van der Waals surface area contributed by atoms with Crippen molar-refractivity contribution in [3.8, 4) is 0 Å². The van der Waals surface area contributed by atoms with E-state index in [1.54, 1.807) is 20.8 Å². The topological polar surface area (TPSA) is 55.4 Å². The zero-order chi connectivity index (χ0) is 13.6. The van der Waals surface area contributed by atoms with Gasteiger partial charge in [-0.25, -0.2) is 4.79 Å². The zero-order valence-corrected chi connectivity index (χ0v) is 11.4. The molecule has 0 aromatic rings. The van der Waals surface area contributed by atoms with Gasteiger partial charge in [-0.05, 0) is 26.7 Å². The van der Waals surface area contributed by atoms with Crippen LogP contribution < -0.4 is 5.32 Å². The fourth-order valence-corrected chi connectivity index (χ4v) is 1.23. The normalized spacial score (nSPS) is 13.1. The molecular weight excluding hydrogens is 218 g/mol. The third-order valence-corrected chi connectivity index (χ3v) is 1.97. The third-order valence-electron chi connectivity index (χ3n) is 1.97. The van der Waals surface area contributed by atoms with E-state index in [-0.39, 0.29) is 18.2 Å². The van der Waals surface area contributed by atoms with Crippen LogP contribution in [0.4, 0.5) is 0 Å². The first-order chi connectivity index (χ1) is 7.67. The molecule has 0 saturated carbocycles. The molecule has 1 amide bonds. The number of hydrogen-bond acceptors (Lipinski definition) is 3. The quantitative estimate of drug-likeness (QED) is 0.592. The first kappa shape index (κ1) is 15.7. The van der Waals surface area contributed by atoms with Gasteiger partial charge < -0.3 is 10.1 Å². The van der Waals surface area contributed by atoms with Gasteiger partial charge in [-0.15, -0.1) is 6.58 Å². The molecule has 0 unspecified atom stereocenters. The van der Waals surface area contributed by atoms with Crippen LogP contribution in [-0.2, 0) is 14.3 Å². The summed E-state index contributed by atoms with van der Waals surface area (Å²) in [6, 6.07) is -0.610. The molecule has 1 N–H and O–H groups in total. The van der Waals surface area contributed by atoms with E-state index in [2.05, 4.69) is 11.9 Å². The maximum Gasteiger partial charge on any atom is 0.329 e. The molecule has 0 aliphatic rings. The first-order valence-corrected chi connectivity index (χ1v) is 5.80. The predicted octanol–water partition coefficient (Wildman–Crippen LogP) is 2.04. The fraction of sp³-hybridized carbons (Fsp3) is 0.692. The van der Waals surface area contributed by atoms with Crippen molar-refractivity contribution in [2.24, 2.45) is 5.92 Å². The monoisotopic (exact) mass is 241 g/mol. The van der Waals surface area contributed by atoms with Gasteiger partial charge in [-0.1, -0.05) is 19.9 Å². The Bertz CT molecular complexity index is 290. The lowest BCUT2D eigenvalue weighted by Gasteiger charge is -2.26. The first-order valence-electron chi connectivity index (χ1n) is 5.80. The standard InChI is InChI=1S/C13H23NO3/c1-7-8-10(15)14-11(9(2)3)12(16)17-13(4,5)6/h7,9,11H,1,8H2,2-6H3,(H,14,15)/t11-/m1/s1. The number of rotatable bonds is 5. The molecule has 0 fully saturated rings. The van der Waals surface area contributed by atoms with Crippen molar-refractivity contribution in [2.75, 3.05) is 0 Å². The molecule has 0 saturated heterocycles. The van der Waals surface area contributed by atoms with Crippen LogP contribution in [0.5, 0.6) is 0 Å². The van der Waals surface area contributed by atoms with Gasteiger partial charge in [0.15, 0.2) is 0 Å². The maximum atomic E-state index is 11.9. The summed E-state index contributed by atoms with van der Waals surface area (Å²) in [6.45, 7) is 12.6. The summed E-state index contributed by atoms with van der Waals surface area (Å²) in [7, 11) is 0.